The van der Waals surface area contributed by atoms with Crippen molar-refractivity contribution in [1.29, 1.82) is 0 Å². The lowest BCUT2D eigenvalue weighted by Gasteiger charge is -1.97. The van der Waals surface area contributed by atoms with Gasteiger partial charge < -0.3 is 0 Å². The number of allylic oxidation sites excluding steroid dienone is 1. The van der Waals surface area contributed by atoms with E-state index in [1.807, 2.05) is 30.3 Å². The minimum absolute atomic E-state index is 0.0290. The van der Waals surface area contributed by atoms with Gasteiger partial charge >= 0.3 is 0 Å². The molecule has 3 heteroatoms. The number of thiophene rings is 1. The van der Waals surface area contributed by atoms with Crippen LogP contribution in [0.25, 0.3) is 6.08 Å². The minimum atomic E-state index is -0.280. The highest BCUT2D eigenvalue weighted by molar-refractivity contribution is 7.14. The summed E-state index contributed by atoms with van der Waals surface area (Å²) in [6.07, 6.45) is 4.07. The fourth-order valence-electron chi connectivity index (χ4n) is 2.23. The van der Waals surface area contributed by atoms with Crippen LogP contribution < -0.4 is 0 Å². The topological polar surface area (TPSA) is 17.1 Å². The molecule has 0 unspecified atom stereocenters. The lowest BCUT2D eigenvalue weighted by Crippen LogP contribution is -1.89. The number of ketones is 1. The van der Waals surface area contributed by atoms with Gasteiger partial charge in [-0.05, 0) is 41.5 Å². The first-order chi connectivity index (χ1) is 11.2. The number of benzene rings is 2. The van der Waals surface area contributed by atoms with Crippen molar-refractivity contribution in [3.8, 4) is 0 Å². The zero-order chi connectivity index (χ0) is 16.1. The highest BCUT2D eigenvalue weighted by atomic mass is 32.1. The van der Waals surface area contributed by atoms with Crippen LogP contribution in [0, 0.1) is 5.82 Å². The first-order valence-electron chi connectivity index (χ1n) is 7.31. The summed E-state index contributed by atoms with van der Waals surface area (Å²) in [6, 6.07) is 20.1. The fourth-order valence-corrected chi connectivity index (χ4v) is 3.19. The Balaban J connectivity index is 1.67. The number of hydrogen-bond donors (Lipinski definition) is 0. The largest absolute Gasteiger partial charge is 0.288 e. The predicted molar refractivity (Wildman–Crippen MR) is 93.3 cm³/mol. The highest BCUT2D eigenvalue weighted by Gasteiger charge is 2.07. The normalized spacial score (nSPS) is 11.0. The Morgan fingerprint density at radius 1 is 0.957 bits per heavy atom. The van der Waals surface area contributed by atoms with E-state index in [1.165, 1.54) is 35.1 Å². The van der Waals surface area contributed by atoms with Crippen molar-refractivity contribution in [3.63, 3.8) is 0 Å². The molecule has 0 bridgehead atoms. The predicted octanol–water partition coefficient (Wildman–Crippen LogP) is 5.37. The third kappa shape index (κ3) is 4.24. The molecule has 0 N–H and O–H groups in total. The Morgan fingerprint density at radius 2 is 1.70 bits per heavy atom. The van der Waals surface area contributed by atoms with E-state index >= 15 is 0 Å². The maximum atomic E-state index is 12.8. The summed E-state index contributed by atoms with van der Waals surface area (Å²) in [5.74, 6) is -0.309. The number of hydrogen-bond acceptors (Lipinski definition) is 2. The molecule has 0 saturated heterocycles. The Morgan fingerprint density at radius 3 is 2.43 bits per heavy atom. The van der Waals surface area contributed by atoms with Gasteiger partial charge in [0.2, 0.25) is 0 Å². The fraction of sp³-hybridized carbons (Fsp3) is 0.0500. The second kappa shape index (κ2) is 7.16. The van der Waals surface area contributed by atoms with E-state index in [0.717, 1.165) is 16.9 Å². The van der Waals surface area contributed by atoms with Crippen LogP contribution in [0.2, 0.25) is 0 Å². The van der Waals surface area contributed by atoms with E-state index in [9.17, 15) is 9.18 Å². The summed E-state index contributed by atoms with van der Waals surface area (Å²) in [6.45, 7) is 0. The number of carbonyl (C=O) groups is 1. The van der Waals surface area contributed by atoms with Gasteiger partial charge in [-0.3, -0.25) is 4.79 Å². The highest BCUT2D eigenvalue weighted by Crippen LogP contribution is 2.21. The van der Waals surface area contributed by atoms with Gasteiger partial charge in [-0.25, -0.2) is 4.39 Å². The SMILES string of the molecule is O=C(/C=C/c1ccc(F)cc1)c1ccc(Cc2ccccc2)s1. The maximum Gasteiger partial charge on any atom is 0.195 e. The molecule has 3 aromatic rings. The van der Waals surface area contributed by atoms with Crippen LogP contribution in [0.5, 0.6) is 0 Å². The molecule has 0 amide bonds. The average molecular weight is 322 g/mol. The van der Waals surface area contributed by atoms with Crippen molar-refractivity contribution in [1.82, 2.24) is 0 Å². The second-order valence-electron chi connectivity index (χ2n) is 5.18. The van der Waals surface area contributed by atoms with Crippen LogP contribution in [0.15, 0.2) is 72.8 Å². The van der Waals surface area contributed by atoms with Crippen LogP contribution in [0.4, 0.5) is 4.39 Å². The summed E-state index contributed by atoms with van der Waals surface area (Å²) < 4.78 is 12.8. The molecule has 1 nitrogen and oxygen atoms in total. The molecule has 0 radical (unpaired) electrons. The van der Waals surface area contributed by atoms with E-state index in [0.29, 0.717) is 4.88 Å². The van der Waals surface area contributed by atoms with Crippen molar-refractivity contribution >= 4 is 23.2 Å². The minimum Gasteiger partial charge on any atom is -0.288 e. The zero-order valence-electron chi connectivity index (χ0n) is 12.4. The Labute approximate surface area is 138 Å². The lowest BCUT2D eigenvalue weighted by atomic mass is 10.1. The second-order valence-corrected chi connectivity index (χ2v) is 6.35. The van der Waals surface area contributed by atoms with E-state index in [-0.39, 0.29) is 11.6 Å². The van der Waals surface area contributed by atoms with E-state index in [4.69, 9.17) is 0 Å². The molecule has 114 valence electrons. The molecule has 2 aromatic carbocycles. The molecule has 0 spiro atoms. The molecular weight excluding hydrogens is 307 g/mol. The van der Waals surface area contributed by atoms with Crippen molar-refractivity contribution in [2.24, 2.45) is 0 Å². The maximum absolute atomic E-state index is 12.8. The summed E-state index contributed by atoms with van der Waals surface area (Å²) in [7, 11) is 0. The van der Waals surface area contributed by atoms with Gasteiger partial charge in [0, 0.05) is 11.3 Å². The molecule has 0 aliphatic heterocycles. The molecule has 23 heavy (non-hydrogen) atoms. The summed E-state index contributed by atoms with van der Waals surface area (Å²) in [4.78, 5) is 14.1. The van der Waals surface area contributed by atoms with Crippen molar-refractivity contribution < 1.29 is 9.18 Å². The van der Waals surface area contributed by atoms with E-state index in [1.54, 1.807) is 18.2 Å². The van der Waals surface area contributed by atoms with Crippen LogP contribution in [0.3, 0.4) is 0 Å². The van der Waals surface area contributed by atoms with Gasteiger partial charge in [-0.2, -0.15) is 0 Å². The average Bonchev–Trinajstić information content (AvgIpc) is 3.03. The lowest BCUT2D eigenvalue weighted by molar-refractivity contribution is 0.105. The van der Waals surface area contributed by atoms with Gasteiger partial charge in [0.15, 0.2) is 5.78 Å². The molecule has 0 atom stereocenters. The quantitative estimate of drug-likeness (QED) is 0.455. The van der Waals surface area contributed by atoms with Crippen LogP contribution in [-0.4, -0.2) is 5.78 Å². The molecule has 0 fully saturated rings. The molecule has 0 aliphatic rings. The third-order valence-corrected chi connectivity index (χ3v) is 4.52. The van der Waals surface area contributed by atoms with Crippen LogP contribution in [0.1, 0.15) is 25.7 Å². The third-order valence-electron chi connectivity index (χ3n) is 3.42. The number of halogens is 1. The molecule has 0 aliphatic carbocycles. The van der Waals surface area contributed by atoms with Crippen LogP contribution in [-0.2, 0) is 6.42 Å². The summed E-state index contributed by atoms with van der Waals surface area (Å²) in [5.41, 5.74) is 2.04. The van der Waals surface area contributed by atoms with E-state index in [2.05, 4.69) is 12.1 Å². The Bertz CT molecular complexity index is 816. The van der Waals surface area contributed by atoms with Crippen LogP contribution >= 0.6 is 11.3 Å². The zero-order valence-corrected chi connectivity index (χ0v) is 13.2. The van der Waals surface area contributed by atoms with Gasteiger partial charge in [0.1, 0.15) is 5.82 Å². The van der Waals surface area contributed by atoms with Gasteiger partial charge in [-0.15, -0.1) is 11.3 Å². The Kier molecular flexibility index (Phi) is 4.79. The number of rotatable bonds is 5. The first-order valence-corrected chi connectivity index (χ1v) is 8.13. The summed E-state index contributed by atoms with van der Waals surface area (Å²) >= 11 is 1.51. The van der Waals surface area contributed by atoms with Gasteiger partial charge in [0.25, 0.3) is 0 Å². The molecule has 0 saturated carbocycles. The molecule has 3 rings (SSSR count). The standard InChI is InChI=1S/C20H15FOS/c21-17-9-6-15(7-10-17)8-12-19(22)20-13-11-18(23-20)14-16-4-2-1-3-5-16/h1-13H,14H2/b12-8+. The Hall–Kier alpha value is -2.52. The van der Waals surface area contributed by atoms with Crippen molar-refractivity contribution in [2.45, 2.75) is 6.42 Å². The number of carbonyl (C=O) groups excluding carboxylic acids is 1. The van der Waals surface area contributed by atoms with Crippen molar-refractivity contribution in [3.05, 3.63) is 99.5 Å². The van der Waals surface area contributed by atoms with Gasteiger partial charge in [0.05, 0.1) is 4.88 Å². The molecule has 1 heterocycles. The molecular formula is C20H15FOS. The van der Waals surface area contributed by atoms with Crippen molar-refractivity contribution in [2.75, 3.05) is 0 Å². The van der Waals surface area contributed by atoms with Gasteiger partial charge in [-0.1, -0.05) is 48.5 Å². The van der Waals surface area contributed by atoms with E-state index < -0.39 is 0 Å². The monoisotopic (exact) mass is 322 g/mol. The molecule has 1 aromatic heterocycles. The summed E-state index contributed by atoms with van der Waals surface area (Å²) in [5, 5.41) is 0. The smallest absolute Gasteiger partial charge is 0.195 e. The first kappa shape index (κ1) is 15.4.